The van der Waals surface area contributed by atoms with Gasteiger partial charge in [-0.3, -0.25) is 4.79 Å². The Bertz CT molecular complexity index is 364. The predicted molar refractivity (Wildman–Crippen MR) is 48.9 cm³/mol. The second kappa shape index (κ2) is 3.54. The summed E-state index contributed by atoms with van der Waals surface area (Å²) < 4.78 is 4.68. The lowest BCUT2D eigenvalue weighted by molar-refractivity contribution is -0.128. The summed E-state index contributed by atoms with van der Waals surface area (Å²) in [4.78, 5) is 13.2. The number of likely N-dealkylation sites (tertiary alicyclic amines) is 1. The predicted octanol–water partition coefficient (Wildman–Crippen LogP) is 0.656. The summed E-state index contributed by atoms with van der Waals surface area (Å²) in [6, 6.07) is 1.75. The van der Waals surface area contributed by atoms with Crippen molar-refractivity contribution in [3.05, 3.63) is 18.0 Å². The highest BCUT2D eigenvalue weighted by atomic mass is 16.5. The van der Waals surface area contributed by atoms with Gasteiger partial charge < -0.3 is 9.42 Å². The summed E-state index contributed by atoms with van der Waals surface area (Å²) in [5, 5.41) is 3.74. The maximum atomic E-state index is 11.4. The molecule has 0 aliphatic carbocycles. The molecule has 1 fully saturated rings. The van der Waals surface area contributed by atoms with Gasteiger partial charge in [0.05, 0.1) is 6.54 Å². The fourth-order valence-corrected chi connectivity index (χ4v) is 1.55. The number of amides is 1. The van der Waals surface area contributed by atoms with E-state index >= 15 is 0 Å². The molecule has 1 aliphatic rings. The average molecular weight is 190 g/mol. The van der Waals surface area contributed by atoms with Gasteiger partial charge in [0.2, 0.25) is 5.91 Å². The van der Waals surface area contributed by atoms with Gasteiger partial charge in [-0.15, -0.1) is 12.3 Å². The van der Waals surface area contributed by atoms with Crippen LogP contribution < -0.4 is 0 Å². The van der Waals surface area contributed by atoms with Crippen molar-refractivity contribution in [2.45, 2.75) is 13.0 Å². The van der Waals surface area contributed by atoms with Crippen molar-refractivity contribution >= 4 is 5.91 Å². The molecule has 72 valence electrons. The van der Waals surface area contributed by atoms with Crippen molar-refractivity contribution < 1.29 is 9.32 Å². The van der Waals surface area contributed by atoms with Crippen LogP contribution in [0.3, 0.4) is 0 Å². The summed E-state index contributed by atoms with van der Waals surface area (Å²) >= 11 is 0. The van der Waals surface area contributed by atoms with Gasteiger partial charge in [0.1, 0.15) is 12.0 Å². The van der Waals surface area contributed by atoms with Crippen LogP contribution in [-0.2, 0) is 11.3 Å². The summed E-state index contributed by atoms with van der Waals surface area (Å²) in [7, 11) is 0. The van der Waals surface area contributed by atoms with Gasteiger partial charge in [0.25, 0.3) is 0 Å². The molecule has 1 saturated heterocycles. The van der Waals surface area contributed by atoms with Crippen molar-refractivity contribution in [3.8, 4) is 12.3 Å². The first-order chi connectivity index (χ1) is 6.79. The molecule has 2 rings (SSSR count). The first-order valence-electron chi connectivity index (χ1n) is 4.43. The van der Waals surface area contributed by atoms with Crippen molar-refractivity contribution in [1.82, 2.24) is 10.1 Å². The van der Waals surface area contributed by atoms with Gasteiger partial charge in [-0.1, -0.05) is 5.16 Å². The highest BCUT2D eigenvalue weighted by molar-refractivity contribution is 5.79. The van der Waals surface area contributed by atoms with Gasteiger partial charge in [-0.25, -0.2) is 0 Å². The topological polar surface area (TPSA) is 46.3 Å². The van der Waals surface area contributed by atoms with Crippen LogP contribution in [0.15, 0.2) is 16.9 Å². The van der Waals surface area contributed by atoms with Crippen LogP contribution in [0.4, 0.5) is 0 Å². The molecule has 0 saturated carbocycles. The largest absolute Gasteiger partial charge is 0.364 e. The molecule has 1 amide bonds. The molecule has 1 aromatic rings. The summed E-state index contributed by atoms with van der Waals surface area (Å²) in [6.07, 6.45) is 7.22. The first-order valence-corrected chi connectivity index (χ1v) is 4.43. The van der Waals surface area contributed by atoms with Gasteiger partial charge in [0.15, 0.2) is 0 Å². The van der Waals surface area contributed by atoms with E-state index in [1.807, 2.05) is 0 Å². The second-order valence-corrected chi connectivity index (χ2v) is 3.33. The van der Waals surface area contributed by atoms with Crippen LogP contribution in [0.25, 0.3) is 0 Å². The fraction of sp³-hybridized carbons (Fsp3) is 0.400. The van der Waals surface area contributed by atoms with E-state index in [0.29, 0.717) is 19.5 Å². The third-order valence-corrected chi connectivity index (χ3v) is 2.29. The fourth-order valence-electron chi connectivity index (χ4n) is 1.55. The van der Waals surface area contributed by atoms with E-state index in [4.69, 9.17) is 6.42 Å². The molecule has 0 bridgehead atoms. The van der Waals surface area contributed by atoms with Crippen LogP contribution in [0.1, 0.15) is 12.1 Å². The van der Waals surface area contributed by atoms with E-state index in [9.17, 15) is 4.79 Å². The molecule has 4 nitrogen and oxygen atoms in total. The Morgan fingerprint density at radius 2 is 2.64 bits per heavy atom. The number of rotatable bonds is 2. The Morgan fingerprint density at radius 1 is 1.79 bits per heavy atom. The molecule has 4 heteroatoms. The van der Waals surface area contributed by atoms with Crippen molar-refractivity contribution in [3.63, 3.8) is 0 Å². The molecule has 1 aliphatic heterocycles. The number of nitrogens with zero attached hydrogens (tertiary/aromatic N) is 2. The van der Waals surface area contributed by atoms with E-state index in [1.165, 1.54) is 6.26 Å². The molecule has 0 spiro atoms. The summed E-state index contributed by atoms with van der Waals surface area (Å²) in [6.45, 7) is 1.12. The van der Waals surface area contributed by atoms with Gasteiger partial charge >= 0.3 is 0 Å². The first kappa shape index (κ1) is 8.82. The van der Waals surface area contributed by atoms with Crippen LogP contribution in [0.5, 0.6) is 0 Å². The Balaban J connectivity index is 2.00. The minimum Gasteiger partial charge on any atom is -0.364 e. The van der Waals surface area contributed by atoms with E-state index < -0.39 is 0 Å². The smallest absolute Gasteiger partial charge is 0.224 e. The molecule has 1 unspecified atom stereocenters. The lowest BCUT2D eigenvalue weighted by atomic mass is 10.1. The maximum Gasteiger partial charge on any atom is 0.224 e. The van der Waals surface area contributed by atoms with Gasteiger partial charge in [-0.2, -0.15) is 0 Å². The monoisotopic (exact) mass is 190 g/mol. The molecule has 14 heavy (non-hydrogen) atoms. The third kappa shape index (κ3) is 1.62. The molecule has 1 atom stereocenters. The van der Waals surface area contributed by atoms with Crippen molar-refractivity contribution in [2.75, 3.05) is 6.54 Å². The summed E-state index contributed by atoms with van der Waals surface area (Å²) in [5.74, 6) is 2.74. The quantitative estimate of drug-likeness (QED) is 0.643. The van der Waals surface area contributed by atoms with E-state index in [0.717, 1.165) is 5.69 Å². The van der Waals surface area contributed by atoms with Crippen LogP contribution in [0, 0.1) is 18.3 Å². The minimum atomic E-state index is 0.0504. The molecular formula is C10H10N2O2. The van der Waals surface area contributed by atoms with Crippen molar-refractivity contribution in [1.29, 1.82) is 0 Å². The number of carbonyl (C=O) groups is 1. The number of hydrogen-bond donors (Lipinski definition) is 0. The molecule has 0 aromatic carbocycles. The Hall–Kier alpha value is -1.76. The maximum absolute atomic E-state index is 11.4. The van der Waals surface area contributed by atoms with E-state index in [2.05, 4.69) is 15.6 Å². The van der Waals surface area contributed by atoms with Crippen LogP contribution >= 0.6 is 0 Å². The molecule has 0 radical (unpaired) electrons. The molecule has 2 heterocycles. The van der Waals surface area contributed by atoms with Crippen LogP contribution in [0.2, 0.25) is 0 Å². The zero-order valence-electron chi connectivity index (χ0n) is 7.64. The van der Waals surface area contributed by atoms with Gasteiger partial charge in [-0.05, 0) is 0 Å². The van der Waals surface area contributed by atoms with Crippen LogP contribution in [-0.4, -0.2) is 22.5 Å². The minimum absolute atomic E-state index is 0.0504. The highest BCUT2D eigenvalue weighted by Gasteiger charge is 2.28. The number of aromatic nitrogens is 1. The molecule has 0 N–H and O–H groups in total. The van der Waals surface area contributed by atoms with Crippen molar-refractivity contribution in [2.24, 2.45) is 5.92 Å². The lowest BCUT2D eigenvalue weighted by Gasteiger charge is -2.12. The zero-order chi connectivity index (χ0) is 9.97. The van der Waals surface area contributed by atoms with Gasteiger partial charge in [0, 0.05) is 24.9 Å². The normalized spacial score (nSPS) is 21.2. The zero-order valence-corrected chi connectivity index (χ0v) is 7.64. The number of carbonyl (C=O) groups excluding carboxylic acids is 1. The van der Waals surface area contributed by atoms with E-state index in [1.54, 1.807) is 11.0 Å². The average Bonchev–Trinajstić information content (AvgIpc) is 2.78. The lowest BCUT2D eigenvalue weighted by Crippen LogP contribution is -2.24. The molecular weight excluding hydrogens is 180 g/mol. The number of terminal acetylenes is 1. The molecule has 1 aromatic heterocycles. The number of hydrogen-bond acceptors (Lipinski definition) is 3. The Labute approximate surface area is 81.9 Å². The summed E-state index contributed by atoms with van der Waals surface area (Å²) in [5.41, 5.74) is 0.760. The highest BCUT2D eigenvalue weighted by Crippen LogP contribution is 2.18. The Morgan fingerprint density at radius 3 is 3.21 bits per heavy atom. The SMILES string of the molecule is C#CC1CC(=O)N(Cc2ccon2)C1. The standard InChI is InChI=1S/C10H10N2O2/c1-2-8-5-10(13)12(6-8)7-9-3-4-14-11-9/h1,3-4,8H,5-7H2. The second-order valence-electron chi connectivity index (χ2n) is 3.33. The third-order valence-electron chi connectivity index (χ3n) is 2.29. The van der Waals surface area contributed by atoms with E-state index in [-0.39, 0.29) is 11.8 Å². The Kier molecular flexibility index (Phi) is 2.23.